The zero-order valence-electron chi connectivity index (χ0n) is 10.8. The predicted octanol–water partition coefficient (Wildman–Crippen LogP) is 1.89. The summed E-state index contributed by atoms with van der Waals surface area (Å²) in [6.07, 6.45) is 7.14. The molecule has 98 valence electrons. The molecule has 1 aliphatic rings. The first-order valence-electron chi connectivity index (χ1n) is 6.54. The van der Waals surface area contributed by atoms with E-state index in [9.17, 15) is 4.79 Å². The van der Waals surface area contributed by atoms with Crippen LogP contribution in [0.15, 0.2) is 28.9 Å². The molecule has 0 aromatic carbocycles. The van der Waals surface area contributed by atoms with Crippen LogP contribution in [0.5, 0.6) is 0 Å². The van der Waals surface area contributed by atoms with E-state index >= 15 is 0 Å². The molecule has 0 radical (unpaired) electrons. The van der Waals surface area contributed by atoms with Crippen molar-refractivity contribution in [1.29, 1.82) is 0 Å². The van der Waals surface area contributed by atoms with Gasteiger partial charge in [0, 0.05) is 25.2 Å². The van der Waals surface area contributed by atoms with Gasteiger partial charge in [0.15, 0.2) is 0 Å². The SMILES string of the molecule is CCN(C(=O)C=Cc1ccco1)C1CCCNC1. The lowest BCUT2D eigenvalue weighted by atomic mass is 10.1. The maximum absolute atomic E-state index is 12.1. The Hall–Kier alpha value is -1.55. The van der Waals surface area contributed by atoms with E-state index in [0.717, 1.165) is 32.5 Å². The molecule has 2 heterocycles. The number of furan rings is 1. The van der Waals surface area contributed by atoms with Crippen molar-refractivity contribution in [2.24, 2.45) is 0 Å². The lowest BCUT2D eigenvalue weighted by Gasteiger charge is -2.33. The molecular formula is C14H20N2O2. The van der Waals surface area contributed by atoms with Crippen LogP contribution in [0.2, 0.25) is 0 Å². The smallest absolute Gasteiger partial charge is 0.246 e. The summed E-state index contributed by atoms with van der Waals surface area (Å²) in [5, 5.41) is 3.34. The standard InChI is InChI=1S/C14H20N2O2/c1-2-16(12-5-3-9-15-11-12)14(17)8-7-13-6-4-10-18-13/h4,6-8,10,12,15H,2-3,5,9,11H2,1H3. The van der Waals surface area contributed by atoms with Gasteiger partial charge in [-0.15, -0.1) is 0 Å². The summed E-state index contributed by atoms with van der Waals surface area (Å²) >= 11 is 0. The highest BCUT2D eigenvalue weighted by Crippen LogP contribution is 2.11. The fraction of sp³-hybridized carbons (Fsp3) is 0.500. The van der Waals surface area contributed by atoms with Crippen molar-refractivity contribution in [2.75, 3.05) is 19.6 Å². The largest absolute Gasteiger partial charge is 0.465 e. The monoisotopic (exact) mass is 248 g/mol. The third-order valence-corrected chi connectivity index (χ3v) is 3.27. The van der Waals surface area contributed by atoms with Crippen LogP contribution in [0, 0.1) is 0 Å². The number of hydrogen-bond donors (Lipinski definition) is 1. The maximum atomic E-state index is 12.1. The summed E-state index contributed by atoms with van der Waals surface area (Å²) in [6.45, 7) is 4.72. The third kappa shape index (κ3) is 3.23. The highest BCUT2D eigenvalue weighted by molar-refractivity contribution is 5.91. The lowest BCUT2D eigenvalue weighted by Crippen LogP contribution is -2.48. The lowest BCUT2D eigenvalue weighted by molar-refractivity contribution is -0.128. The van der Waals surface area contributed by atoms with Gasteiger partial charge in [-0.2, -0.15) is 0 Å². The van der Waals surface area contributed by atoms with Crippen molar-refractivity contribution >= 4 is 12.0 Å². The molecule has 1 aliphatic heterocycles. The number of nitrogens with one attached hydrogen (secondary N) is 1. The molecule has 0 spiro atoms. The van der Waals surface area contributed by atoms with Gasteiger partial charge in [0.1, 0.15) is 5.76 Å². The van der Waals surface area contributed by atoms with E-state index in [1.165, 1.54) is 0 Å². The van der Waals surface area contributed by atoms with Gasteiger partial charge in [0.25, 0.3) is 0 Å². The Morgan fingerprint density at radius 2 is 2.56 bits per heavy atom. The third-order valence-electron chi connectivity index (χ3n) is 3.27. The Kier molecular flexibility index (Phi) is 4.59. The van der Waals surface area contributed by atoms with E-state index in [4.69, 9.17) is 4.42 Å². The Balaban J connectivity index is 1.96. The van der Waals surface area contributed by atoms with Crippen molar-refractivity contribution in [3.63, 3.8) is 0 Å². The molecule has 1 aromatic rings. The number of likely N-dealkylation sites (N-methyl/N-ethyl adjacent to an activating group) is 1. The van der Waals surface area contributed by atoms with E-state index < -0.39 is 0 Å². The second kappa shape index (κ2) is 6.40. The van der Waals surface area contributed by atoms with Crippen molar-refractivity contribution in [3.05, 3.63) is 30.2 Å². The Bertz CT molecular complexity index is 392. The predicted molar refractivity (Wildman–Crippen MR) is 71.0 cm³/mol. The van der Waals surface area contributed by atoms with E-state index in [-0.39, 0.29) is 5.91 Å². The normalized spacial score (nSPS) is 20.2. The zero-order valence-corrected chi connectivity index (χ0v) is 10.8. The second-order valence-corrected chi connectivity index (χ2v) is 4.47. The Morgan fingerprint density at radius 1 is 1.67 bits per heavy atom. The zero-order chi connectivity index (χ0) is 12.8. The topological polar surface area (TPSA) is 45.5 Å². The average Bonchev–Trinajstić information content (AvgIpc) is 2.92. The average molecular weight is 248 g/mol. The molecule has 4 nitrogen and oxygen atoms in total. The maximum Gasteiger partial charge on any atom is 0.246 e. The molecule has 0 aliphatic carbocycles. The van der Waals surface area contributed by atoms with E-state index in [1.807, 2.05) is 24.0 Å². The number of amides is 1. The fourth-order valence-electron chi connectivity index (χ4n) is 2.33. The molecule has 0 saturated carbocycles. The van der Waals surface area contributed by atoms with Gasteiger partial charge in [0.05, 0.1) is 6.26 Å². The number of carbonyl (C=O) groups is 1. The summed E-state index contributed by atoms with van der Waals surface area (Å²) < 4.78 is 5.17. The van der Waals surface area contributed by atoms with Crippen molar-refractivity contribution in [2.45, 2.75) is 25.8 Å². The first kappa shape index (κ1) is 12.9. The van der Waals surface area contributed by atoms with Gasteiger partial charge in [-0.1, -0.05) is 0 Å². The van der Waals surface area contributed by atoms with Crippen LogP contribution in [-0.2, 0) is 4.79 Å². The molecule has 1 N–H and O–H groups in total. The molecule has 1 aromatic heterocycles. The van der Waals surface area contributed by atoms with Gasteiger partial charge in [0.2, 0.25) is 5.91 Å². The Labute approximate surface area is 108 Å². The van der Waals surface area contributed by atoms with Crippen LogP contribution in [0.4, 0.5) is 0 Å². The minimum Gasteiger partial charge on any atom is -0.465 e. The molecule has 4 heteroatoms. The van der Waals surface area contributed by atoms with Crippen LogP contribution in [0.25, 0.3) is 6.08 Å². The van der Waals surface area contributed by atoms with E-state index in [0.29, 0.717) is 11.8 Å². The van der Waals surface area contributed by atoms with E-state index in [2.05, 4.69) is 5.32 Å². The minimum atomic E-state index is 0.0580. The van der Waals surface area contributed by atoms with Crippen LogP contribution >= 0.6 is 0 Å². The molecule has 1 fully saturated rings. The molecule has 2 rings (SSSR count). The van der Waals surface area contributed by atoms with Gasteiger partial charge in [-0.3, -0.25) is 4.79 Å². The number of nitrogens with zero attached hydrogens (tertiary/aromatic N) is 1. The molecule has 0 bridgehead atoms. The fourth-order valence-corrected chi connectivity index (χ4v) is 2.33. The molecule has 1 unspecified atom stereocenters. The molecule has 1 atom stereocenters. The van der Waals surface area contributed by atoms with Gasteiger partial charge in [-0.25, -0.2) is 0 Å². The van der Waals surface area contributed by atoms with Crippen molar-refractivity contribution < 1.29 is 9.21 Å². The second-order valence-electron chi connectivity index (χ2n) is 4.47. The van der Waals surface area contributed by atoms with Gasteiger partial charge >= 0.3 is 0 Å². The summed E-state index contributed by atoms with van der Waals surface area (Å²) in [5.74, 6) is 0.767. The molecular weight excluding hydrogens is 228 g/mol. The Morgan fingerprint density at radius 3 is 3.17 bits per heavy atom. The van der Waals surface area contributed by atoms with Crippen LogP contribution in [0.1, 0.15) is 25.5 Å². The first-order valence-corrected chi connectivity index (χ1v) is 6.54. The number of rotatable bonds is 4. The minimum absolute atomic E-state index is 0.0580. The van der Waals surface area contributed by atoms with Gasteiger partial charge in [-0.05, 0) is 44.5 Å². The van der Waals surface area contributed by atoms with Crippen molar-refractivity contribution in [1.82, 2.24) is 10.2 Å². The molecule has 18 heavy (non-hydrogen) atoms. The summed E-state index contributed by atoms with van der Waals surface area (Å²) in [7, 11) is 0. The molecule has 1 saturated heterocycles. The number of carbonyl (C=O) groups excluding carboxylic acids is 1. The summed E-state index contributed by atoms with van der Waals surface area (Å²) in [5.41, 5.74) is 0. The summed E-state index contributed by atoms with van der Waals surface area (Å²) in [6, 6.07) is 3.96. The number of hydrogen-bond acceptors (Lipinski definition) is 3. The van der Waals surface area contributed by atoms with Crippen molar-refractivity contribution in [3.8, 4) is 0 Å². The van der Waals surface area contributed by atoms with Crippen LogP contribution in [0.3, 0.4) is 0 Å². The first-order chi connectivity index (χ1) is 8.81. The van der Waals surface area contributed by atoms with Gasteiger partial charge < -0.3 is 14.6 Å². The number of piperidine rings is 1. The van der Waals surface area contributed by atoms with Crippen LogP contribution in [-0.4, -0.2) is 36.5 Å². The van der Waals surface area contributed by atoms with Crippen LogP contribution < -0.4 is 5.32 Å². The molecule has 1 amide bonds. The highest BCUT2D eigenvalue weighted by Gasteiger charge is 2.22. The highest BCUT2D eigenvalue weighted by atomic mass is 16.3. The summed E-state index contributed by atoms with van der Waals surface area (Å²) in [4.78, 5) is 14.1. The quantitative estimate of drug-likeness (QED) is 0.828. The van der Waals surface area contributed by atoms with E-state index in [1.54, 1.807) is 18.4 Å².